The van der Waals surface area contributed by atoms with Gasteiger partial charge in [0.05, 0.1) is 5.92 Å². The highest BCUT2D eigenvalue weighted by Crippen LogP contribution is 2.26. The number of rotatable bonds is 8. The molecule has 0 aromatic carbocycles. The predicted octanol–water partition coefficient (Wildman–Crippen LogP) is 2.40. The fraction of sp³-hybridized carbons (Fsp3) is 0.786. The summed E-state index contributed by atoms with van der Waals surface area (Å²) >= 11 is 1.78. The van der Waals surface area contributed by atoms with Gasteiger partial charge in [-0.05, 0) is 30.8 Å². The molecule has 1 aliphatic rings. The predicted molar refractivity (Wildman–Crippen MR) is 77.7 cm³/mol. The van der Waals surface area contributed by atoms with E-state index in [2.05, 4.69) is 0 Å². The van der Waals surface area contributed by atoms with Gasteiger partial charge in [0.2, 0.25) is 0 Å². The second kappa shape index (κ2) is 8.29. The number of thioether (sulfide) groups is 1. The monoisotopic (exact) mass is 301 g/mol. The molecule has 1 heterocycles. The molecule has 1 aliphatic heterocycles. The highest BCUT2D eigenvalue weighted by Gasteiger charge is 2.42. The zero-order chi connectivity index (χ0) is 15.1. The Morgan fingerprint density at radius 2 is 2.05 bits per heavy atom. The molecule has 1 unspecified atom stereocenters. The zero-order valence-electron chi connectivity index (χ0n) is 12.4. The molecular formula is C14H23NO4S. The summed E-state index contributed by atoms with van der Waals surface area (Å²) in [6.45, 7) is 3.76. The smallest absolute Gasteiger partial charge is 0.330 e. The van der Waals surface area contributed by atoms with Crippen LogP contribution in [0.5, 0.6) is 0 Å². The van der Waals surface area contributed by atoms with Gasteiger partial charge in [-0.1, -0.05) is 20.3 Å². The van der Waals surface area contributed by atoms with Crippen LogP contribution in [0.15, 0.2) is 0 Å². The number of hydrogen-bond donors (Lipinski definition) is 0. The van der Waals surface area contributed by atoms with Crippen molar-refractivity contribution in [2.45, 2.75) is 46.0 Å². The van der Waals surface area contributed by atoms with E-state index in [-0.39, 0.29) is 30.6 Å². The molecule has 0 aromatic heterocycles. The van der Waals surface area contributed by atoms with E-state index < -0.39 is 11.9 Å². The topological polar surface area (TPSA) is 63.7 Å². The fourth-order valence-corrected chi connectivity index (χ4v) is 2.58. The minimum atomic E-state index is -0.500. The van der Waals surface area contributed by atoms with Crippen molar-refractivity contribution in [1.82, 2.24) is 5.06 Å². The van der Waals surface area contributed by atoms with Crippen molar-refractivity contribution in [3.63, 3.8) is 0 Å². The molecule has 114 valence electrons. The van der Waals surface area contributed by atoms with Crippen molar-refractivity contribution in [3.8, 4) is 0 Å². The molecule has 5 nitrogen and oxygen atoms in total. The lowest BCUT2D eigenvalue weighted by atomic mass is 9.95. The van der Waals surface area contributed by atoms with Crippen LogP contribution in [-0.2, 0) is 19.2 Å². The third-order valence-electron chi connectivity index (χ3n) is 3.37. The lowest BCUT2D eigenvalue weighted by Gasteiger charge is -2.15. The van der Waals surface area contributed by atoms with Crippen LogP contribution in [-0.4, -0.2) is 34.9 Å². The third kappa shape index (κ3) is 4.81. The summed E-state index contributed by atoms with van der Waals surface area (Å²) in [6, 6.07) is 0. The molecule has 0 spiro atoms. The summed E-state index contributed by atoms with van der Waals surface area (Å²) in [5.74, 6) is -0.516. The first-order valence-electron chi connectivity index (χ1n) is 7.04. The van der Waals surface area contributed by atoms with E-state index in [1.165, 1.54) is 0 Å². The van der Waals surface area contributed by atoms with E-state index in [9.17, 15) is 14.4 Å². The Morgan fingerprint density at radius 3 is 2.60 bits per heavy atom. The maximum absolute atomic E-state index is 11.9. The third-order valence-corrected chi connectivity index (χ3v) is 4.06. The van der Waals surface area contributed by atoms with Crippen molar-refractivity contribution in [2.24, 2.45) is 11.8 Å². The van der Waals surface area contributed by atoms with Crippen molar-refractivity contribution in [2.75, 3.05) is 12.0 Å². The van der Waals surface area contributed by atoms with Gasteiger partial charge in [0.1, 0.15) is 0 Å². The SMILES string of the molecule is CSCCCCCC(=O)ON1C(=O)CC(C(C)C)C1=O. The number of imide groups is 1. The largest absolute Gasteiger partial charge is 0.333 e. The average Bonchev–Trinajstić information content (AvgIpc) is 2.66. The van der Waals surface area contributed by atoms with Crippen LogP contribution in [0.25, 0.3) is 0 Å². The maximum atomic E-state index is 11.9. The highest BCUT2D eigenvalue weighted by molar-refractivity contribution is 7.98. The lowest BCUT2D eigenvalue weighted by molar-refractivity contribution is -0.198. The average molecular weight is 301 g/mol. The van der Waals surface area contributed by atoms with Gasteiger partial charge in [-0.25, -0.2) is 4.79 Å². The number of hydroxylamine groups is 2. The van der Waals surface area contributed by atoms with Crippen LogP contribution in [0.1, 0.15) is 46.0 Å². The highest BCUT2D eigenvalue weighted by atomic mass is 32.2. The van der Waals surface area contributed by atoms with Crippen LogP contribution in [0, 0.1) is 11.8 Å². The Balaban J connectivity index is 2.34. The molecule has 0 bridgehead atoms. The van der Waals surface area contributed by atoms with Crippen molar-refractivity contribution in [1.29, 1.82) is 0 Å². The van der Waals surface area contributed by atoms with Crippen LogP contribution in [0.4, 0.5) is 0 Å². The van der Waals surface area contributed by atoms with E-state index in [0.717, 1.165) is 25.0 Å². The zero-order valence-corrected chi connectivity index (χ0v) is 13.2. The van der Waals surface area contributed by atoms with Gasteiger partial charge >= 0.3 is 5.97 Å². The second-order valence-corrected chi connectivity index (χ2v) is 6.33. The minimum absolute atomic E-state index is 0.0710. The summed E-state index contributed by atoms with van der Waals surface area (Å²) in [6.07, 6.45) is 5.17. The summed E-state index contributed by atoms with van der Waals surface area (Å²) < 4.78 is 0. The van der Waals surface area contributed by atoms with Gasteiger partial charge in [0, 0.05) is 12.8 Å². The Kier molecular flexibility index (Phi) is 7.05. The van der Waals surface area contributed by atoms with Gasteiger partial charge in [-0.2, -0.15) is 11.8 Å². The molecule has 0 saturated carbocycles. The molecule has 1 saturated heterocycles. The quantitative estimate of drug-likeness (QED) is 0.509. The van der Waals surface area contributed by atoms with Gasteiger partial charge in [0.15, 0.2) is 0 Å². The van der Waals surface area contributed by atoms with Gasteiger partial charge in [-0.3, -0.25) is 9.59 Å². The van der Waals surface area contributed by atoms with Gasteiger partial charge in [0.25, 0.3) is 11.8 Å². The van der Waals surface area contributed by atoms with E-state index >= 15 is 0 Å². The summed E-state index contributed by atoms with van der Waals surface area (Å²) in [4.78, 5) is 40.1. The van der Waals surface area contributed by atoms with Crippen LogP contribution in [0.2, 0.25) is 0 Å². The molecule has 20 heavy (non-hydrogen) atoms. The molecule has 6 heteroatoms. The van der Waals surface area contributed by atoms with Crippen LogP contribution < -0.4 is 0 Å². The molecule has 1 fully saturated rings. The lowest BCUT2D eigenvalue weighted by Crippen LogP contribution is -2.34. The number of amides is 2. The number of hydrogen-bond acceptors (Lipinski definition) is 5. The minimum Gasteiger partial charge on any atom is -0.330 e. The Morgan fingerprint density at radius 1 is 1.35 bits per heavy atom. The van der Waals surface area contributed by atoms with E-state index in [4.69, 9.17) is 4.84 Å². The van der Waals surface area contributed by atoms with E-state index in [1.807, 2.05) is 20.1 Å². The van der Waals surface area contributed by atoms with Crippen molar-refractivity contribution < 1.29 is 19.2 Å². The number of nitrogens with zero attached hydrogens (tertiary/aromatic N) is 1. The van der Waals surface area contributed by atoms with Crippen molar-refractivity contribution in [3.05, 3.63) is 0 Å². The maximum Gasteiger partial charge on any atom is 0.333 e. The molecule has 0 N–H and O–H groups in total. The number of unbranched alkanes of at least 4 members (excludes halogenated alkanes) is 2. The summed E-state index contributed by atoms with van der Waals surface area (Å²) in [7, 11) is 0. The molecular weight excluding hydrogens is 278 g/mol. The molecule has 1 atom stereocenters. The Bertz CT molecular complexity index is 370. The molecule has 0 aromatic rings. The van der Waals surface area contributed by atoms with Crippen LogP contribution in [0.3, 0.4) is 0 Å². The first-order valence-corrected chi connectivity index (χ1v) is 8.43. The molecule has 0 aliphatic carbocycles. The number of carbonyl (C=O) groups is 3. The first-order chi connectivity index (χ1) is 9.47. The van der Waals surface area contributed by atoms with Gasteiger partial charge < -0.3 is 4.84 Å². The summed E-state index contributed by atoms with van der Waals surface area (Å²) in [5.41, 5.74) is 0. The normalized spacial score (nSPS) is 19.0. The Labute approximate surface area is 124 Å². The van der Waals surface area contributed by atoms with E-state index in [0.29, 0.717) is 5.06 Å². The Hall–Kier alpha value is -1.04. The van der Waals surface area contributed by atoms with E-state index in [1.54, 1.807) is 11.8 Å². The standard InChI is InChI=1S/C14H23NO4S/c1-10(2)11-9-12(16)15(14(11)18)19-13(17)7-5-4-6-8-20-3/h10-11H,4-9H2,1-3H3. The van der Waals surface area contributed by atoms with Gasteiger partial charge in [-0.15, -0.1) is 5.06 Å². The molecule has 0 radical (unpaired) electrons. The summed E-state index contributed by atoms with van der Waals surface area (Å²) in [5, 5.41) is 0.662. The van der Waals surface area contributed by atoms with Crippen molar-refractivity contribution >= 4 is 29.5 Å². The molecule has 2 amide bonds. The fourth-order valence-electron chi connectivity index (χ4n) is 2.09. The second-order valence-electron chi connectivity index (χ2n) is 5.35. The number of carbonyl (C=O) groups excluding carboxylic acids is 3. The molecule has 1 rings (SSSR count). The first kappa shape index (κ1) is 17.0. The van der Waals surface area contributed by atoms with Crippen LogP contribution >= 0.6 is 11.8 Å².